The number of aromatic amines is 1. The van der Waals surface area contributed by atoms with Gasteiger partial charge in [-0.25, -0.2) is 9.98 Å². The minimum absolute atomic E-state index is 0.188. The van der Waals surface area contributed by atoms with Crippen molar-refractivity contribution < 1.29 is 18.9 Å². The van der Waals surface area contributed by atoms with Gasteiger partial charge in [0.1, 0.15) is 18.3 Å². The van der Waals surface area contributed by atoms with Crippen LogP contribution in [-0.2, 0) is 18.9 Å². The molecule has 0 aliphatic carbocycles. The molecule has 1 N–H and O–H groups in total. The van der Waals surface area contributed by atoms with E-state index in [9.17, 15) is 4.79 Å². The summed E-state index contributed by atoms with van der Waals surface area (Å²) in [6.45, 7) is 3.79. The molecule has 0 saturated carbocycles. The quantitative estimate of drug-likeness (QED) is 0.458. The number of fused-ring (bicyclic) bond motifs is 1. The molecular formula is C19H29N7O5. The Bertz CT molecular complexity index is 968. The number of imidazole rings is 1. The Morgan fingerprint density at radius 1 is 1.29 bits per heavy atom. The third-order valence-electron chi connectivity index (χ3n) is 5.48. The summed E-state index contributed by atoms with van der Waals surface area (Å²) in [4.78, 5) is 32.1. The third kappa shape index (κ3) is 4.48. The number of nitrogens with one attached hydrogen (secondary N) is 1. The summed E-state index contributed by atoms with van der Waals surface area (Å²) in [5, 5.41) is 0. The average Bonchev–Trinajstić information content (AvgIpc) is 3.33. The van der Waals surface area contributed by atoms with Gasteiger partial charge in [-0.2, -0.15) is 4.98 Å². The summed E-state index contributed by atoms with van der Waals surface area (Å²) in [7, 11) is 6.94. The van der Waals surface area contributed by atoms with Crippen molar-refractivity contribution in [3.63, 3.8) is 0 Å². The summed E-state index contributed by atoms with van der Waals surface area (Å²) < 4.78 is 25.1. The first-order chi connectivity index (χ1) is 15.0. The Kier molecular flexibility index (Phi) is 6.62. The molecule has 170 valence electrons. The minimum atomic E-state index is -0.550. The van der Waals surface area contributed by atoms with Crippen LogP contribution in [0.4, 0.5) is 5.95 Å². The van der Waals surface area contributed by atoms with Crippen LogP contribution in [0.5, 0.6) is 0 Å². The molecule has 4 heterocycles. The summed E-state index contributed by atoms with van der Waals surface area (Å²) in [6.07, 6.45) is 1.66. The zero-order chi connectivity index (χ0) is 22.0. The topological polar surface area (TPSA) is 119 Å². The summed E-state index contributed by atoms with van der Waals surface area (Å²) >= 11 is 0. The lowest BCUT2D eigenvalue weighted by atomic mass is 10.1. The highest BCUT2D eigenvalue weighted by Crippen LogP contribution is 2.35. The number of hydrogen-bond acceptors (Lipinski definition) is 9. The van der Waals surface area contributed by atoms with Crippen molar-refractivity contribution in [1.82, 2.24) is 29.3 Å². The first-order valence-electron chi connectivity index (χ1n) is 10.2. The van der Waals surface area contributed by atoms with Crippen molar-refractivity contribution in [1.29, 1.82) is 0 Å². The fraction of sp³-hybridized carbons (Fsp3) is 0.684. The fourth-order valence-corrected chi connectivity index (χ4v) is 3.99. The van der Waals surface area contributed by atoms with E-state index >= 15 is 0 Å². The lowest BCUT2D eigenvalue weighted by Crippen LogP contribution is -2.45. The van der Waals surface area contributed by atoms with Gasteiger partial charge < -0.3 is 23.8 Å². The Morgan fingerprint density at radius 2 is 2.03 bits per heavy atom. The highest BCUT2D eigenvalue weighted by atomic mass is 16.6. The van der Waals surface area contributed by atoms with Gasteiger partial charge in [0.15, 0.2) is 17.4 Å². The van der Waals surface area contributed by atoms with Crippen LogP contribution in [0.25, 0.3) is 11.2 Å². The lowest BCUT2D eigenvalue weighted by molar-refractivity contribution is -0.0605. The molecule has 0 radical (unpaired) electrons. The molecule has 0 amide bonds. The standard InChI is InChI=1S/C19H29N7O5/c1-24(2)10-21-19-22-16-13(17(27)23-19)20-11-26(16)18-15(29-4)14(28-3)12(31-18)9-25-5-7-30-8-6-25/h10-12,14-15,18H,5-9H2,1-4H3,(H,22,23,27)/b21-10+/t12-,14?,15?,18-/m1/s1. The number of methoxy groups -OCH3 is 2. The molecule has 0 spiro atoms. The maximum atomic E-state index is 12.5. The van der Waals surface area contributed by atoms with Crippen LogP contribution >= 0.6 is 0 Å². The largest absolute Gasteiger partial charge is 0.379 e. The molecule has 0 bridgehead atoms. The molecule has 4 atom stereocenters. The van der Waals surface area contributed by atoms with Gasteiger partial charge >= 0.3 is 0 Å². The summed E-state index contributed by atoms with van der Waals surface area (Å²) in [6, 6.07) is 0. The van der Waals surface area contributed by atoms with Gasteiger partial charge in [0.2, 0.25) is 5.95 Å². The van der Waals surface area contributed by atoms with Gasteiger partial charge in [-0.15, -0.1) is 0 Å². The van der Waals surface area contributed by atoms with Gasteiger partial charge in [-0.3, -0.25) is 19.2 Å². The molecule has 2 aliphatic rings. The van der Waals surface area contributed by atoms with Gasteiger partial charge in [0.05, 0.1) is 25.9 Å². The van der Waals surface area contributed by atoms with E-state index in [2.05, 4.69) is 24.8 Å². The second-order valence-corrected chi connectivity index (χ2v) is 7.80. The molecule has 12 heteroatoms. The molecule has 31 heavy (non-hydrogen) atoms. The normalized spacial score (nSPS) is 27.5. The van der Waals surface area contributed by atoms with Gasteiger partial charge in [0.25, 0.3) is 5.56 Å². The monoisotopic (exact) mass is 435 g/mol. The number of ether oxygens (including phenoxy) is 4. The highest BCUT2D eigenvalue weighted by molar-refractivity contribution is 5.71. The molecule has 2 fully saturated rings. The van der Waals surface area contributed by atoms with Crippen molar-refractivity contribution in [2.24, 2.45) is 4.99 Å². The van der Waals surface area contributed by atoms with Gasteiger partial charge in [-0.1, -0.05) is 0 Å². The van der Waals surface area contributed by atoms with Crippen LogP contribution in [0.1, 0.15) is 6.23 Å². The number of aromatic nitrogens is 4. The number of H-pyrrole nitrogens is 1. The summed E-state index contributed by atoms with van der Waals surface area (Å²) in [5.41, 5.74) is 0.228. The Morgan fingerprint density at radius 3 is 2.71 bits per heavy atom. The summed E-state index contributed by atoms with van der Waals surface area (Å²) in [5.74, 6) is 0.188. The van der Waals surface area contributed by atoms with E-state index in [1.54, 1.807) is 36.4 Å². The molecule has 2 aliphatic heterocycles. The van der Waals surface area contributed by atoms with Gasteiger partial charge in [0, 0.05) is 47.9 Å². The highest BCUT2D eigenvalue weighted by Gasteiger charge is 2.47. The van der Waals surface area contributed by atoms with Crippen molar-refractivity contribution in [3.8, 4) is 0 Å². The van der Waals surface area contributed by atoms with Gasteiger partial charge in [-0.05, 0) is 0 Å². The van der Waals surface area contributed by atoms with E-state index in [0.29, 0.717) is 25.4 Å². The number of nitrogens with zero attached hydrogens (tertiary/aromatic N) is 6. The number of morpholine rings is 1. The van der Waals surface area contributed by atoms with Crippen molar-refractivity contribution in [2.75, 3.05) is 61.2 Å². The number of rotatable bonds is 7. The number of aliphatic imine (C=N–C) groups is 1. The zero-order valence-corrected chi connectivity index (χ0v) is 18.2. The van der Waals surface area contributed by atoms with Crippen molar-refractivity contribution in [3.05, 3.63) is 16.7 Å². The average molecular weight is 435 g/mol. The second-order valence-electron chi connectivity index (χ2n) is 7.80. The Balaban J connectivity index is 1.66. The second kappa shape index (κ2) is 9.40. The van der Waals surface area contributed by atoms with E-state index in [0.717, 1.165) is 13.1 Å². The molecule has 4 rings (SSSR count). The molecule has 12 nitrogen and oxygen atoms in total. The van der Waals surface area contributed by atoms with Crippen LogP contribution in [0.3, 0.4) is 0 Å². The third-order valence-corrected chi connectivity index (χ3v) is 5.48. The first kappa shape index (κ1) is 21.8. The van der Waals surface area contributed by atoms with Crippen LogP contribution < -0.4 is 5.56 Å². The first-order valence-corrected chi connectivity index (χ1v) is 10.2. The molecule has 0 aromatic carbocycles. The van der Waals surface area contributed by atoms with Crippen LogP contribution in [0, 0.1) is 0 Å². The van der Waals surface area contributed by atoms with Crippen LogP contribution in [0.2, 0.25) is 0 Å². The van der Waals surface area contributed by atoms with Crippen LogP contribution in [-0.4, -0.2) is 115 Å². The molecule has 2 aromatic heterocycles. The SMILES string of the molecule is COC1C(OC)[C@@H](CN2CCOCC2)O[C@H]1n1cnc2c(=O)[nH]c(/N=C/N(C)C)nc21. The molecular weight excluding hydrogens is 406 g/mol. The zero-order valence-electron chi connectivity index (χ0n) is 18.2. The maximum Gasteiger partial charge on any atom is 0.280 e. The lowest BCUT2D eigenvalue weighted by Gasteiger charge is -2.30. The van der Waals surface area contributed by atoms with Crippen molar-refractivity contribution in [2.45, 2.75) is 24.5 Å². The van der Waals surface area contributed by atoms with E-state index in [-0.39, 0.29) is 29.2 Å². The smallest absolute Gasteiger partial charge is 0.280 e. The van der Waals surface area contributed by atoms with E-state index in [1.807, 2.05) is 14.1 Å². The van der Waals surface area contributed by atoms with E-state index < -0.39 is 12.3 Å². The Hall–Kier alpha value is -2.38. The van der Waals surface area contributed by atoms with E-state index in [1.165, 1.54) is 0 Å². The van der Waals surface area contributed by atoms with E-state index in [4.69, 9.17) is 18.9 Å². The molecule has 2 unspecified atom stereocenters. The van der Waals surface area contributed by atoms with Crippen LogP contribution in [0.15, 0.2) is 16.1 Å². The van der Waals surface area contributed by atoms with Crippen molar-refractivity contribution >= 4 is 23.5 Å². The molecule has 2 aromatic rings. The maximum absolute atomic E-state index is 12.5. The fourth-order valence-electron chi connectivity index (χ4n) is 3.99. The minimum Gasteiger partial charge on any atom is -0.379 e. The number of hydrogen-bond donors (Lipinski definition) is 1. The Labute approximate surface area is 179 Å². The predicted octanol–water partition coefficient (Wildman–Crippen LogP) is -0.399. The molecule has 2 saturated heterocycles. The predicted molar refractivity (Wildman–Crippen MR) is 113 cm³/mol.